The second-order valence-corrected chi connectivity index (χ2v) is 3.52. The minimum absolute atomic E-state index is 0. The molecule has 1 aromatic carbocycles. The van der Waals surface area contributed by atoms with E-state index in [0.717, 1.165) is 6.42 Å². The molecule has 0 aliphatic rings. The smallest absolute Gasteiger partial charge is 0.201 e. The molecule has 0 bridgehead atoms. The molecule has 0 saturated carbocycles. The van der Waals surface area contributed by atoms with E-state index in [1.165, 1.54) is 29.3 Å². The third-order valence-electron chi connectivity index (χ3n) is 2.46. The van der Waals surface area contributed by atoms with Crippen LogP contribution in [0.5, 0.6) is 0 Å². The van der Waals surface area contributed by atoms with Gasteiger partial charge in [0, 0.05) is 10.8 Å². The van der Waals surface area contributed by atoms with Gasteiger partial charge in [0.2, 0.25) is 6.20 Å². The van der Waals surface area contributed by atoms with E-state index >= 15 is 0 Å². The lowest BCUT2D eigenvalue weighted by atomic mass is 10.1. The van der Waals surface area contributed by atoms with Crippen LogP contribution < -0.4 is 17.5 Å². The van der Waals surface area contributed by atoms with Crippen molar-refractivity contribution in [2.75, 3.05) is 0 Å². The van der Waals surface area contributed by atoms with Gasteiger partial charge in [0.15, 0.2) is 0 Å². The highest BCUT2D eigenvalue weighted by Crippen LogP contribution is 2.15. The first kappa shape index (κ1) is 11.9. The number of aromatic amines is 1. The van der Waals surface area contributed by atoms with Crippen molar-refractivity contribution in [1.29, 1.82) is 0 Å². The van der Waals surface area contributed by atoms with Crippen LogP contribution in [0.15, 0.2) is 30.5 Å². The second-order valence-electron chi connectivity index (χ2n) is 3.52. The first-order valence-electron chi connectivity index (χ1n) is 5.16. The maximum atomic E-state index is 4.32. The maximum absolute atomic E-state index is 4.32. The Bertz CT molecular complexity index is 423. The van der Waals surface area contributed by atoms with E-state index < -0.39 is 0 Å². The summed E-state index contributed by atoms with van der Waals surface area (Å²) >= 11 is 0. The van der Waals surface area contributed by atoms with Crippen molar-refractivity contribution in [2.24, 2.45) is 0 Å². The fourth-order valence-corrected chi connectivity index (χ4v) is 1.66. The summed E-state index contributed by atoms with van der Waals surface area (Å²) in [6.45, 7) is 2.20. The molecular weight excluding hydrogens is 208 g/mol. The zero-order valence-corrected chi connectivity index (χ0v) is 9.59. The predicted molar refractivity (Wildman–Crippen MR) is 56.9 cm³/mol. The van der Waals surface area contributed by atoms with Crippen LogP contribution in [0.3, 0.4) is 0 Å². The number of nitrogens with zero attached hydrogens (tertiary/aromatic N) is 1. The fraction of sp³-hybridized carbons (Fsp3) is 0.333. The molecule has 0 unspecified atom stereocenters. The van der Waals surface area contributed by atoms with E-state index in [4.69, 9.17) is 0 Å². The molecule has 1 heterocycles. The monoisotopic (exact) mass is 222 g/mol. The van der Waals surface area contributed by atoms with Crippen molar-refractivity contribution in [3.8, 4) is 0 Å². The van der Waals surface area contributed by atoms with Crippen LogP contribution in [0.1, 0.15) is 25.5 Å². The lowest BCUT2D eigenvalue weighted by Crippen LogP contribution is -3.00. The van der Waals surface area contributed by atoms with Crippen molar-refractivity contribution in [1.82, 2.24) is 5.10 Å². The Morgan fingerprint density at radius 1 is 1.27 bits per heavy atom. The highest BCUT2D eigenvalue weighted by molar-refractivity contribution is 5.82. The topological polar surface area (TPSA) is 27.0 Å². The molecule has 2 nitrogen and oxygen atoms in total. The number of hydrogen-bond acceptors (Lipinski definition) is 1. The molecule has 3 heteroatoms. The Morgan fingerprint density at radius 3 is 2.87 bits per heavy atom. The lowest BCUT2D eigenvalue weighted by molar-refractivity contribution is -0.454. The second kappa shape index (κ2) is 5.66. The number of benzene rings is 1. The molecule has 0 fully saturated rings. The van der Waals surface area contributed by atoms with Gasteiger partial charge in [-0.25, -0.2) is 0 Å². The Labute approximate surface area is 96.1 Å². The van der Waals surface area contributed by atoms with Gasteiger partial charge < -0.3 is 12.4 Å². The van der Waals surface area contributed by atoms with Gasteiger partial charge in [-0.05, 0) is 24.0 Å². The summed E-state index contributed by atoms with van der Waals surface area (Å²) in [6, 6.07) is 8.38. The number of aryl methyl sites for hydroxylation is 1. The summed E-state index contributed by atoms with van der Waals surface area (Å²) in [4.78, 5) is 0. The molecule has 1 N–H and O–H groups in total. The average Bonchev–Trinajstić information content (AvgIpc) is 2.26. The minimum Gasteiger partial charge on any atom is -1.00 e. The number of aromatic nitrogens is 2. The molecule has 0 amide bonds. The Balaban J connectivity index is 0.00000112. The average molecular weight is 223 g/mol. The molecule has 0 spiro atoms. The standard InChI is InChI=1S/C12H14N2.ClH/c1-2-3-8-12-11-7-5-4-6-10(11)9-13-14-12;/h4-7,9H,2-3,8H2,1H3;1H. The third-order valence-corrected chi connectivity index (χ3v) is 2.46. The predicted octanol–water partition coefficient (Wildman–Crippen LogP) is -0.604. The normalized spacial score (nSPS) is 9.93. The Hall–Kier alpha value is -1.15. The maximum Gasteiger partial charge on any atom is 0.201 e. The van der Waals surface area contributed by atoms with Gasteiger partial charge in [0.05, 0.1) is 0 Å². The first-order chi connectivity index (χ1) is 6.92. The van der Waals surface area contributed by atoms with Crippen molar-refractivity contribution in [3.05, 3.63) is 36.2 Å². The Morgan fingerprint density at radius 2 is 2.07 bits per heavy atom. The quantitative estimate of drug-likeness (QED) is 0.681. The zero-order valence-electron chi connectivity index (χ0n) is 8.83. The summed E-state index contributed by atoms with van der Waals surface area (Å²) in [6.07, 6.45) is 5.43. The zero-order chi connectivity index (χ0) is 9.80. The largest absolute Gasteiger partial charge is 1.00 e. The highest BCUT2D eigenvalue weighted by Gasteiger charge is 2.04. The van der Waals surface area contributed by atoms with Crippen LogP contribution in [-0.4, -0.2) is 5.10 Å². The summed E-state index contributed by atoms with van der Waals surface area (Å²) in [7, 11) is 0. The molecule has 2 aromatic rings. The molecular formula is C12H15ClN2. The molecule has 15 heavy (non-hydrogen) atoms. The first-order valence-corrected chi connectivity index (χ1v) is 5.16. The van der Waals surface area contributed by atoms with Crippen LogP contribution in [-0.2, 0) is 6.42 Å². The van der Waals surface area contributed by atoms with Crippen LogP contribution in [0, 0.1) is 0 Å². The Kier molecular flexibility index (Phi) is 4.50. The number of halogens is 1. The lowest BCUT2D eigenvalue weighted by Gasteiger charge is -1.99. The van der Waals surface area contributed by atoms with Crippen molar-refractivity contribution < 1.29 is 17.5 Å². The molecule has 2 rings (SSSR count). The van der Waals surface area contributed by atoms with E-state index in [0.29, 0.717) is 0 Å². The highest BCUT2D eigenvalue weighted by atomic mass is 35.5. The summed E-state index contributed by atoms with van der Waals surface area (Å²) < 4.78 is 0. The third kappa shape index (κ3) is 2.66. The van der Waals surface area contributed by atoms with Crippen LogP contribution in [0.2, 0.25) is 0 Å². The van der Waals surface area contributed by atoms with Gasteiger partial charge in [-0.1, -0.05) is 31.5 Å². The SMILES string of the molecule is CCCCc1n[nH+]cc2ccccc12.[Cl-]. The van der Waals surface area contributed by atoms with Gasteiger partial charge in [0.25, 0.3) is 0 Å². The molecule has 0 aliphatic heterocycles. The summed E-state index contributed by atoms with van der Waals surface area (Å²) in [5.74, 6) is 0. The van der Waals surface area contributed by atoms with Crippen molar-refractivity contribution >= 4 is 10.8 Å². The number of rotatable bonds is 3. The summed E-state index contributed by atoms with van der Waals surface area (Å²) in [5, 5.41) is 9.80. The molecule has 0 atom stereocenters. The molecule has 80 valence electrons. The fourth-order valence-electron chi connectivity index (χ4n) is 1.66. The van der Waals surface area contributed by atoms with E-state index in [-0.39, 0.29) is 12.4 Å². The molecule has 0 aliphatic carbocycles. The van der Waals surface area contributed by atoms with Crippen LogP contribution in [0.25, 0.3) is 10.8 Å². The van der Waals surface area contributed by atoms with E-state index in [2.05, 4.69) is 41.4 Å². The molecule has 0 radical (unpaired) electrons. The number of nitrogens with one attached hydrogen (secondary N) is 1. The number of H-pyrrole nitrogens is 1. The minimum atomic E-state index is 0. The van der Waals surface area contributed by atoms with Crippen molar-refractivity contribution in [3.63, 3.8) is 0 Å². The van der Waals surface area contributed by atoms with Gasteiger partial charge in [0.1, 0.15) is 5.69 Å². The number of unbranched alkanes of at least 4 members (excludes halogenated alkanes) is 1. The molecule has 0 saturated heterocycles. The molecule has 1 aromatic heterocycles. The van der Waals surface area contributed by atoms with Gasteiger partial charge in [-0.15, -0.1) is 5.10 Å². The number of hydrogen-bond donors (Lipinski definition) is 0. The number of fused-ring (bicyclic) bond motifs is 1. The van der Waals surface area contributed by atoms with Gasteiger partial charge >= 0.3 is 0 Å². The van der Waals surface area contributed by atoms with Crippen molar-refractivity contribution in [2.45, 2.75) is 26.2 Å². The van der Waals surface area contributed by atoms with Gasteiger partial charge in [-0.2, -0.15) is 0 Å². The summed E-state index contributed by atoms with van der Waals surface area (Å²) in [5.41, 5.74) is 1.19. The van der Waals surface area contributed by atoms with Crippen LogP contribution >= 0.6 is 0 Å². The van der Waals surface area contributed by atoms with E-state index in [1.807, 2.05) is 6.20 Å². The van der Waals surface area contributed by atoms with Crippen LogP contribution in [0.4, 0.5) is 0 Å². The van der Waals surface area contributed by atoms with E-state index in [9.17, 15) is 0 Å². The van der Waals surface area contributed by atoms with Gasteiger partial charge in [-0.3, -0.25) is 0 Å². The van der Waals surface area contributed by atoms with E-state index in [1.54, 1.807) is 0 Å².